The molecule has 28 heavy (non-hydrogen) atoms. The molecule has 1 aromatic heterocycles. The van der Waals surface area contributed by atoms with Crippen molar-refractivity contribution in [3.05, 3.63) is 52.8 Å². The van der Waals surface area contributed by atoms with E-state index in [1.54, 1.807) is 6.07 Å². The molecule has 6 nitrogen and oxygen atoms in total. The zero-order chi connectivity index (χ0) is 19.7. The SMILES string of the molecule is O=C(O)CN1CCN(c2ccc(-c3nc(Cl)nc4ccc(Cl)cc34)cc2)CC1. The summed E-state index contributed by atoms with van der Waals surface area (Å²) in [5.74, 6) is -0.784. The number of fused-ring (bicyclic) bond motifs is 1. The predicted molar refractivity (Wildman–Crippen MR) is 111 cm³/mol. The van der Waals surface area contributed by atoms with Gasteiger partial charge >= 0.3 is 5.97 Å². The van der Waals surface area contributed by atoms with Crippen molar-refractivity contribution < 1.29 is 9.90 Å². The number of carboxylic acids is 1. The Bertz CT molecular complexity index is 1020. The van der Waals surface area contributed by atoms with Gasteiger partial charge < -0.3 is 10.0 Å². The number of piperazine rings is 1. The van der Waals surface area contributed by atoms with Crippen LogP contribution in [0.4, 0.5) is 5.69 Å². The van der Waals surface area contributed by atoms with Gasteiger partial charge in [0.1, 0.15) is 0 Å². The number of halogens is 2. The number of anilines is 1. The molecule has 3 aromatic rings. The topological polar surface area (TPSA) is 69.6 Å². The fourth-order valence-corrected chi connectivity index (χ4v) is 3.83. The molecule has 0 atom stereocenters. The molecule has 0 spiro atoms. The van der Waals surface area contributed by atoms with E-state index in [2.05, 4.69) is 27.0 Å². The minimum Gasteiger partial charge on any atom is -0.480 e. The van der Waals surface area contributed by atoms with Crippen LogP contribution in [0.3, 0.4) is 0 Å². The number of benzene rings is 2. The Kier molecular flexibility index (Phi) is 5.35. The molecule has 4 rings (SSSR count). The van der Waals surface area contributed by atoms with Crippen molar-refractivity contribution in [3.8, 4) is 11.3 Å². The maximum atomic E-state index is 10.8. The summed E-state index contributed by atoms with van der Waals surface area (Å²) in [6.45, 7) is 3.16. The van der Waals surface area contributed by atoms with Crippen LogP contribution in [0, 0.1) is 0 Å². The molecule has 8 heteroatoms. The smallest absolute Gasteiger partial charge is 0.317 e. The van der Waals surface area contributed by atoms with Gasteiger partial charge in [-0.1, -0.05) is 23.7 Å². The highest BCUT2D eigenvalue weighted by atomic mass is 35.5. The molecule has 0 unspecified atom stereocenters. The first-order valence-electron chi connectivity index (χ1n) is 8.92. The Morgan fingerprint density at radius 1 is 1.00 bits per heavy atom. The first-order valence-corrected chi connectivity index (χ1v) is 9.67. The summed E-state index contributed by atoms with van der Waals surface area (Å²) in [6, 6.07) is 13.6. The van der Waals surface area contributed by atoms with Crippen LogP contribution in [0.1, 0.15) is 0 Å². The fraction of sp³-hybridized carbons (Fsp3) is 0.250. The van der Waals surface area contributed by atoms with Crippen LogP contribution in [0.25, 0.3) is 22.2 Å². The van der Waals surface area contributed by atoms with E-state index in [-0.39, 0.29) is 11.8 Å². The van der Waals surface area contributed by atoms with E-state index in [4.69, 9.17) is 28.3 Å². The van der Waals surface area contributed by atoms with E-state index in [1.807, 2.05) is 29.2 Å². The maximum Gasteiger partial charge on any atom is 0.317 e. The Labute approximate surface area is 172 Å². The third-order valence-corrected chi connectivity index (χ3v) is 5.27. The molecular weight excluding hydrogens is 399 g/mol. The van der Waals surface area contributed by atoms with Crippen LogP contribution in [0.5, 0.6) is 0 Å². The molecule has 1 aliphatic rings. The van der Waals surface area contributed by atoms with E-state index in [9.17, 15) is 4.79 Å². The largest absolute Gasteiger partial charge is 0.480 e. The van der Waals surface area contributed by atoms with Gasteiger partial charge in [-0.05, 0) is 41.9 Å². The highest BCUT2D eigenvalue weighted by Gasteiger charge is 2.19. The van der Waals surface area contributed by atoms with E-state index in [0.29, 0.717) is 5.02 Å². The number of rotatable bonds is 4. The molecule has 1 aliphatic heterocycles. The summed E-state index contributed by atoms with van der Waals surface area (Å²) in [7, 11) is 0. The van der Waals surface area contributed by atoms with Crippen molar-refractivity contribution in [2.24, 2.45) is 0 Å². The number of carbonyl (C=O) groups is 1. The van der Waals surface area contributed by atoms with E-state index in [0.717, 1.165) is 54.0 Å². The average molecular weight is 417 g/mol. The molecule has 144 valence electrons. The molecule has 0 aliphatic carbocycles. The molecule has 0 radical (unpaired) electrons. The third-order valence-electron chi connectivity index (χ3n) is 4.87. The van der Waals surface area contributed by atoms with Gasteiger partial charge in [-0.2, -0.15) is 0 Å². The maximum absolute atomic E-state index is 10.8. The van der Waals surface area contributed by atoms with Crippen LogP contribution in [-0.4, -0.2) is 58.7 Å². The van der Waals surface area contributed by atoms with Gasteiger partial charge in [-0.3, -0.25) is 9.69 Å². The summed E-state index contributed by atoms with van der Waals surface area (Å²) >= 11 is 12.3. The van der Waals surface area contributed by atoms with Gasteiger partial charge in [0.2, 0.25) is 5.28 Å². The first-order chi connectivity index (χ1) is 13.5. The molecule has 1 fully saturated rings. The first kappa shape index (κ1) is 18.9. The molecule has 1 saturated heterocycles. The van der Waals surface area contributed by atoms with Gasteiger partial charge in [-0.25, -0.2) is 9.97 Å². The van der Waals surface area contributed by atoms with Crippen molar-refractivity contribution in [2.45, 2.75) is 0 Å². The molecule has 0 bridgehead atoms. The number of aromatic nitrogens is 2. The van der Waals surface area contributed by atoms with Crippen molar-refractivity contribution in [1.82, 2.24) is 14.9 Å². The fourth-order valence-electron chi connectivity index (χ4n) is 3.48. The van der Waals surface area contributed by atoms with E-state index in [1.165, 1.54) is 0 Å². The van der Waals surface area contributed by atoms with Crippen LogP contribution >= 0.6 is 23.2 Å². The Morgan fingerprint density at radius 3 is 2.39 bits per heavy atom. The van der Waals surface area contributed by atoms with Gasteiger partial charge in [0, 0.05) is 47.8 Å². The summed E-state index contributed by atoms with van der Waals surface area (Å²) in [5.41, 5.74) is 3.53. The van der Waals surface area contributed by atoms with Gasteiger partial charge in [0.05, 0.1) is 17.8 Å². The van der Waals surface area contributed by atoms with Crippen molar-refractivity contribution in [2.75, 3.05) is 37.6 Å². The van der Waals surface area contributed by atoms with Crippen LogP contribution < -0.4 is 4.90 Å². The second-order valence-corrected chi connectivity index (χ2v) is 7.48. The molecule has 0 saturated carbocycles. The minimum absolute atomic E-state index is 0.0941. The predicted octanol–water partition coefficient (Wildman–Crippen LogP) is 3.81. The van der Waals surface area contributed by atoms with E-state index < -0.39 is 5.97 Å². The van der Waals surface area contributed by atoms with Crippen LogP contribution in [0.2, 0.25) is 10.3 Å². The third kappa shape index (κ3) is 4.04. The molecule has 2 heterocycles. The molecular formula is C20H18Cl2N4O2. The lowest BCUT2D eigenvalue weighted by atomic mass is 10.1. The highest BCUT2D eigenvalue weighted by Crippen LogP contribution is 2.30. The highest BCUT2D eigenvalue weighted by molar-refractivity contribution is 6.31. The lowest BCUT2D eigenvalue weighted by molar-refractivity contribution is -0.138. The monoisotopic (exact) mass is 416 g/mol. The second kappa shape index (κ2) is 7.91. The Balaban J connectivity index is 1.57. The lowest BCUT2D eigenvalue weighted by Gasteiger charge is -2.35. The molecule has 2 aromatic carbocycles. The zero-order valence-electron chi connectivity index (χ0n) is 15.0. The molecule has 0 amide bonds. The Hall–Kier alpha value is -2.41. The minimum atomic E-state index is -0.784. The number of hydrogen-bond acceptors (Lipinski definition) is 5. The summed E-state index contributed by atoms with van der Waals surface area (Å²) in [4.78, 5) is 23.7. The average Bonchev–Trinajstić information content (AvgIpc) is 2.68. The normalized spacial score (nSPS) is 15.1. The van der Waals surface area contributed by atoms with Crippen molar-refractivity contribution >= 4 is 45.8 Å². The number of carboxylic acid groups (broad SMARTS) is 1. The summed E-state index contributed by atoms with van der Waals surface area (Å²) in [5, 5.41) is 10.6. The van der Waals surface area contributed by atoms with Crippen molar-refractivity contribution in [3.63, 3.8) is 0 Å². The van der Waals surface area contributed by atoms with Gasteiger partial charge in [0.15, 0.2) is 0 Å². The quantitative estimate of drug-likeness (QED) is 0.652. The van der Waals surface area contributed by atoms with Gasteiger partial charge in [-0.15, -0.1) is 0 Å². The van der Waals surface area contributed by atoms with Gasteiger partial charge in [0.25, 0.3) is 0 Å². The number of hydrogen-bond donors (Lipinski definition) is 1. The van der Waals surface area contributed by atoms with Crippen LogP contribution in [-0.2, 0) is 4.79 Å². The lowest BCUT2D eigenvalue weighted by Crippen LogP contribution is -2.47. The summed E-state index contributed by atoms with van der Waals surface area (Å²) < 4.78 is 0. The standard InChI is InChI=1S/C20H18Cl2N4O2/c21-14-3-6-17-16(11-14)19(24-20(22)23-17)13-1-4-15(5-2-13)26-9-7-25(8-10-26)12-18(27)28/h1-6,11H,7-10,12H2,(H,27,28). The zero-order valence-corrected chi connectivity index (χ0v) is 16.5. The second-order valence-electron chi connectivity index (χ2n) is 6.71. The number of nitrogens with zero attached hydrogens (tertiary/aromatic N) is 4. The van der Waals surface area contributed by atoms with E-state index >= 15 is 0 Å². The van der Waals surface area contributed by atoms with Crippen LogP contribution in [0.15, 0.2) is 42.5 Å². The Morgan fingerprint density at radius 2 is 1.71 bits per heavy atom. The summed E-state index contributed by atoms with van der Waals surface area (Å²) in [6.07, 6.45) is 0. The molecule has 1 N–H and O–H groups in total. The number of aliphatic carboxylic acids is 1. The van der Waals surface area contributed by atoms with Crippen molar-refractivity contribution in [1.29, 1.82) is 0 Å².